The number of benzene rings is 1. The number of aryl methyl sites for hydroxylation is 1. The zero-order valence-electron chi connectivity index (χ0n) is 13.5. The second kappa shape index (κ2) is 7.12. The zero-order valence-corrected chi connectivity index (χ0v) is 13.5. The van der Waals surface area contributed by atoms with Crippen LogP contribution < -0.4 is 10.2 Å². The number of nitrogens with one attached hydrogen (secondary N) is 1. The van der Waals surface area contributed by atoms with E-state index < -0.39 is 0 Å². The van der Waals surface area contributed by atoms with Crippen molar-refractivity contribution in [1.29, 1.82) is 0 Å². The predicted octanol–water partition coefficient (Wildman–Crippen LogP) is 3.85. The number of nitrogens with zero attached hydrogens (tertiary/aromatic N) is 1. The molecule has 1 heterocycles. The molecule has 2 nitrogen and oxygen atoms in total. The molecular formula is C18H30N2. The molecular weight excluding hydrogens is 244 g/mol. The first-order valence-electron chi connectivity index (χ1n) is 8.24. The van der Waals surface area contributed by atoms with Crippen LogP contribution in [0, 0.1) is 5.92 Å². The van der Waals surface area contributed by atoms with Gasteiger partial charge in [-0.2, -0.15) is 0 Å². The van der Waals surface area contributed by atoms with Crippen molar-refractivity contribution in [3.8, 4) is 0 Å². The van der Waals surface area contributed by atoms with Crippen LogP contribution >= 0.6 is 0 Å². The van der Waals surface area contributed by atoms with Crippen LogP contribution in [-0.4, -0.2) is 25.2 Å². The lowest BCUT2D eigenvalue weighted by Crippen LogP contribution is -2.57. The smallest absolute Gasteiger partial charge is 0.0387 e. The first kappa shape index (κ1) is 15.4. The molecule has 1 N–H and O–H groups in total. The Balaban J connectivity index is 2.08. The predicted molar refractivity (Wildman–Crippen MR) is 88.5 cm³/mol. The lowest BCUT2D eigenvalue weighted by Gasteiger charge is -2.42. The molecule has 1 fully saturated rings. The van der Waals surface area contributed by atoms with Crippen LogP contribution in [0.1, 0.15) is 46.1 Å². The maximum Gasteiger partial charge on any atom is 0.0387 e. The van der Waals surface area contributed by atoms with Gasteiger partial charge in [-0.15, -0.1) is 0 Å². The molecule has 0 aromatic heterocycles. The van der Waals surface area contributed by atoms with Gasteiger partial charge in [0.05, 0.1) is 0 Å². The van der Waals surface area contributed by atoms with Crippen molar-refractivity contribution in [3.05, 3.63) is 29.8 Å². The first-order valence-corrected chi connectivity index (χ1v) is 8.24. The van der Waals surface area contributed by atoms with Gasteiger partial charge >= 0.3 is 0 Å². The Morgan fingerprint density at radius 2 is 1.95 bits per heavy atom. The lowest BCUT2D eigenvalue weighted by molar-refractivity contribution is 0.316. The molecule has 3 unspecified atom stereocenters. The number of hydrogen-bond donors (Lipinski definition) is 1. The Bertz CT molecular complexity index is 398. The Morgan fingerprint density at radius 3 is 2.55 bits per heavy atom. The van der Waals surface area contributed by atoms with Crippen LogP contribution in [0.4, 0.5) is 5.69 Å². The minimum Gasteiger partial charge on any atom is -0.366 e. The van der Waals surface area contributed by atoms with Gasteiger partial charge in [-0.05, 0) is 37.0 Å². The molecule has 3 atom stereocenters. The summed E-state index contributed by atoms with van der Waals surface area (Å²) in [5.74, 6) is 0.740. The molecule has 2 rings (SSSR count). The summed E-state index contributed by atoms with van der Waals surface area (Å²) in [4.78, 5) is 2.57. The van der Waals surface area contributed by atoms with E-state index in [2.05, 4.69) is 62.2 Å². The highest BCUT2D eigenvalue weighted by Gasteiger charge is 2.27. The van der Waals surface area contributed by atoms with Crippen molar-refractivity contribution >= 4 is 5.69 Å². The maximum atomic E-state index is 3.71. The Morgan fingerprint density at radius 1 is 1.25 bits per heavy atom. The Kier molecular flexibility index (Phi) is 5.47. The third-order valence-electron chi connectivity index (χ3n) is 4.74. The SMILES string of the molecule is CCCc1ccc(N2CC(C(C)CC)NCC2C)cc1. The molecule has 1 aliphatic heterocycles. The molecule has 0 radical (unpaired) electrons. The molecule has 1 aromatic carbocycles. The van der Waals surface area contributed by atoms with Crippen LogP contribution in [0.2, 0.25) is 0 Å². The van der Waals surface area contributed by atoms with Crippen LogP contribution in [0.25, 0.3) is 0 Å². The van der Waals surface area contributed by atoms with E-state index in [1.54, 1.807) is 0 Å². The van der Waals surface area contributed by atoms with Crippen LogP contribution in [0.15, 0.2) is 24.3 Å². The summed E-state index contributed by atoms with van der Waals surface area (Å²) in [7, 11) is 0. The van der Waals surface area contributed by atoms with E-state index >= 15 is 0 Å². The van der Waals surface area contributed by atoms with Gasteiger partial charge in [0.25, 0.3) is 0 Å². The quantitative estimate of drug-likeness (QED) is 0.877. The van der Waals surface area contributed by atoms with E-state index in [0.717, 1.165) is 19.0 Å². The summed E-state index contributed by atoms with van der Waals surface area (Å²) in [6.45, 7) is 11.4. The largest absolute Gasteiger partial charge is 0.366 e. The van der Waals surface area contributed by atoms with E-state index in [-0.39, 0.29) is 0 Å². The number of hydrogen-bond acceptors (Lipinski definition) is 2. The molecule has 20 heavy (non-hydrogen) atoms. The van der Waals surface area contributed by atoms with Crippen LogP contribution in [0.5, 0.6) is 0 Å². The summed E-state index contributed by atoms with van der Waals surface area (Å²) in [6.07, 6.45) is 3.65. The summed E-state index contributed by atoms with van der Waals surface area (Å²) >= 11 is 0. The Hall–Kier alpha value is -1.02. The van der Waals surface area contributed by atoms with E-state index in [1.165, 1.54) is 30.5 Å². The van der Waals surface area contributed by atoms with Gasteiger partial charge in [0.2, 0.25) is 0 Å². The van der Waals surface area contributed by atoms with Crippen LogP contribution in [-0.2, 0) is 6.42 Å². The van der Waals surface area contributed by atoms with Gasteiger partial charge in [-0.1, -0.05) is 45.7 Å². The van der Waals surface area contributed by atoms with Crippen molar-refractivity contribution in [2.45, 2.75) is 59.0 Å². The monoisotopic (exact) mass is 274 g/mol. The lowest BCUT2D eigenvalue weighted by atomic mass is 9.95. The minimum atomic E-state index is 0.576. The van der Waals surface area contributed by atoms with Gasteiger partial charge in [0, 0.05) is 30.9 Å². The standard InChI is InChI=1S/C18H30N2/c1-5-7-16-8-10-17(11-9-16)20-13-18(14(3)6-2)19-12-15(20)4/h8-11,14-15,18-19H,5-7,12-13H2,1-4H3. The molecule has 0 amide bonds. The van der Waals surface area contributed by atoms with E-state index in [4.69, 9.17) is 0 Å². The molecule has 0 bridgehead atoms. The fraction of sp³-hybridized carbons (Fsp3) is 0.667. The number of anilines is 1. The van der Waals surface area contributed by atoms with Gasteiger partial charge in [0.1, 0.15) is 0 Å². The molecule has 1 aromatic rings. The fourth-order valence-corrected chi connectivity index (χ4v) is 3.06. The average molecular weight is 274 g/mol. The third kappa shape index (κ3) is 3.54. The second-order valence-corrected chi connectivity index (χ2v) is 6.32. The van der Waals surface area contributed by atoms with Crippen molar-refractivity contribution in [3.63, 3.8) is 0 Å². The molecule has 1 saturated heterocycles. The fourth-order valence-electron chi connectivity index (χ4n) is 3.06. The van der Waals surface area contributed by atoms with Crippen molar-refractivity contribution in [2.75, 3.05) is 18.0 Å². The summed E-state index contributed by atoms with van der Waals surface area (Å²) in [6, 6.07) is 10.4. The van der Waals surface area contributed by atoms with Gasteiger partial charge in [-0.25, -0.2) is 0 Å². The molecule has 112 valence electrons. The third-order valence-corrected chi connectivity index (χ3v) is 4.74. The summed E-state index contributed by atoms with van der Waals surface area (Å²) < 4.78 is 0. The highest BCUT2D eigenvalue weighted by atomic mass is 15.2. The highest BCUT2D eigenvalue weighted by Crippen LogP contribution is 2.23. The Labute approximate surface area is 124 Å². The molecule has 0 aliphatic carbocycles. The molecule has 1 aliphatic rings. The van der Waals surface area contributed by atoms with Crippen molar-refractivity contribution in [1.82, 2.24) is 5.32 Å². The van der Waals surface area contributed by atoms with Gasteiger partial charge < -0.3 is 10.2 Å². The minimum absolute atomic E-state index is 0.576. The highest BCUT2D eigenvalue weighted by molar-refractivity contribution is 5.49. The summed E-state index contributed by atoms with van der Waals surface area (Å²) in [5, 5.41) is 3.71. The molecule has 0 saturated carbocycles. The molecule has 0 spiro atoms. The maximum absolute atomic E-state index is 3.71. The topological polar surface area (TPSA) is 15.3 Å². The number of rotatable bonds is 5. The zero-order chi connectivity index (χ0) is 14.5. The normalized spacial score (nSPS) is 24.7. The number of piperazine rings is 1. The first-order chi connectivity index (χ1) is 9.65. The van der Waals surface area contributed by atoms with E-state index in [9.17, 15) is 0 Å². The molecule has 2 heteroatoms. The van der Waals surface area contributed by atoms with Gasteiger partial charge in [0.15, 0.2) is 0 Å². The van der Waals surface area contributed by atoms with Crippen molar-refractivity contribution < 1.29 is 0 Å². The van der Waals surface area contributed by atoms with Gasteiger partial charge in [-0.3, -0.25) is 0 Å². The van der Waals surface area contributed by atoms with E-state index in [0.29, 0.717) is 12.1 Å². The second-order valence-electron chi connectivity index (χ2n) is 6.32. The van der Waals surface area contributed by atoms with Crippen molar-refractivity contribution in [2.24, 2.45) is 5.92 Å². The average Bonchev–Trinajstić information content (AvgIpc) is 2.48. The summed E-state index contributed by atoms with van der Waals surface area (Å²) in [5.41, 5.74) is 2.84. The van der Waals surface area contributed by atoms with E-state index in [1.807, 2.05) is 0 Å². The van der Waals surface area contributed by atoms with Crippen LogP contribution in [0.3, 0.4) is 0 Å².